The summed E-state index contributed by atoms with van der Waals surface area (Å²) in [6.07, 6.45) is 3.05. The van der Waals surface area contributed by atoms with Crippen LogP contribution in [0.25, 0.3) is 5.82 Å². The van der Waals surface area contributed by atoms with Crippen LogP contribution in [0, 0.1) is 6.92 Å². The molecule has 2 aromatic heterocycles. The third kappa shape index (κ3) is 3.25. The van der Waals surface area contributed by atoms with E-state index in [4.69, 9.17) is 4.74 Å². The highest BCUT2D eigenvalue weighted by atomic mass is 16.5. The lowest BCUT2D eigenvalue weighted by Gasteiger charge is -2.10. The zero-order chi connectivity index (χ0) is 15.4. The molecule has 0 fully saturated rings. The molecule has 0 N–H and O–H groups in total. The maximum Gasteiger partial charge on any atom is 0.342 e. The molecule has 0 unspecified atom stereocenters. The van der Waals surface area contributed by atoms with Gasteiger partial charge >= 0.3 is 5.97 Å². The molecule has 0 aliphatic rings. The number of amides is 1. The number of likely N-dealkylation sites (N-methyl/N-ethyl adjacent to an activating group) is 1. The van der Waals surface area contributed by atoms with Gasteiger partial charge in [0.1, 0.15) is 5.56 Å². The van der Waals surface area contributed by atoms with Crippen molar-refractivity contribution in [3.63, 3.8) is 0 Å². The lowest BCUT2D eigenvalue weighted by molar-refractivity contribution is -0.131. The van der Waals surface area contributed by atoms with Crippen LogP contribution in [-0.4, -0.2) is 52.2 Å². The summed E-state index contributed by atoms with van der Waals surface area (Å²) in [5.74, 6) is -0.249. The van der Waals surface area contributed by atoms with Crippen LogP contribution in [0.4, 0.5) is 0 Å². The lowest BCUT2D eigenvalue weighted by Crippen LogP contribution is -2.27. The highest BCUT2D eigenvalue weighted by Crippen LogP contribution is 2.13. The number of hydrogen-bond donors (Lipinski definition) is 0. The Morgan fingerprint density at radius 2 is 2.10 bits per heavy atom. The Morgan fingerprint density at radius 1 is 1.33 bits per heavy atom. The number of pyridine rings is 1. The molecule has 0 bridgehead atoms. The van der Waals surface area contributed by atoms with E-state index in [1.807, 2.05) is 6.07 Å². The third-order valence-corrected chi connectivity index (χ3v) is 2.92. The van der Waals surface area contributed by atoms with Gasteiger partial charge in [0.2, 0.25) is 0 Å². The van der Waals surface area contributed by atoms with Crippen LogP contribution in [0.2, 0.25) is 0 Å². The van der Waals surface area contributed by atoms with Gasteiger partial charge in [-0.2, -0.15) is 5.10 Å². The molecule has 7 nitrogen and oxygen atoms in total. The van der Waals surface area contributed by atoms with Gasteiger partial charge in [0.15, 0.2) is 12.4 Å². The second-order valence-corrected chi connectivity index (χ2v) is 4.61. The molecule has 2 aromatic rings. The molecule has 7 heteroatoms. The number of carbonyl (C=O) groups excluding carboxylic acids is 2. The molecule has 0 aromatic carbocycles. The molecule has 0 aliphatic heterocycles. The number of hydrogen-bond acceptors (Lipinski definition) is 5. The van der Waals surface area contributed by atoms with E-state index in [2.05, 4.69) is 10.1 Å². The van der Waals surface area contributed by atoms with Gasteiger partial charge in [-0.05, 0) is 19.1 Å². The Labute approximate surface area is 122 Å². The van der Waals surface area contributed by atoms with Gasteiger partial charge in [0.05, 0.1) is 11.9 Å². The molecular formula is C14H16N4O3. The Balaban J connectivity index is 2.13. The fourth-order valence-corrected chi connectivity index (χ4v) is 1.65. The summed E-state index contributed by atoms with van der Waals surface area (Å²) in [6, 6.07) is 5.41. The summed E-state index contributed by atoms with van der Waals surface area (Å²) in [5, 5.41) is 4.13. The van der Waals surface area contributed by atoms with E-state index in [0.29, 0.717) is 17.1 Å². The van der Waals surface area contributed by atoms with E-state index in [1.54, 1.807) is 44.0 Å². The van der Waals surface area contributed by atoms with Crippen LogP contribution in [0.5, 0.6) is 0 Å². The van der Waals surface area contributed by atoms with Crippen molar-refractivity contribution in [1.82, 2.24) is 19.7 Å². The minimum Gasteiger partial charge on any atom is -0.452 e. The summed E-state index contributed by atoms with van der Waals surface area (Å²) >= 11 is 0. The Kier molecular flexibility index (Phi) is 4.32. The van der Waals surface area contributed by atoms with Gasteiger partial charge in [0.25, 0.3) is 5.91 Å². The monoisotopic (exact) mass is 288 g/mol. The van der Waals surface area contributed by atoms with Crippen molar-refractivity contribution in [1.29, 1.82) is 0 Å². The second-order valence-electron chi connectivity index (χ2n) is 4.61. The largest absolute Gasteiger partial charge is 0.452 e. The van der Waals surface area contributed by atoms with Crippen molar-refractivity contribution >= 4 is 11.9 Å². The minimum absolute atomic E-state index is 0.280. The fraction of sp³-hybridized carbons (Fsp3) is 0.286. The summed E-state index contributed by atoms with van der Waals surface area (Å²) in [4.78, 5) is 28.9. The molecule has 1 amide bonds. The van der Waals surface area contributed by atoms with Gasteiger partial charge in [0, 0.05) is 20.3 Å². The average Bonchev–Trinajstić information content (AvgIpc) is 2.87. The Morgan fingerprint density at radius 3 is 2.71 bits per heavy atom. The van der Waals surface area contributed by atoms with Crippen molar-refractivity contribution < 1.29 is 14.3 Å². The van der Waals surface area contributed by atoms with Crippen LogP contribution >= 0.6 is 0 Å². The average molecular weight is 288 g/mol. The molecule has 0 spiro atoms. The van der Waals surface area contributed by atoms with Crippen molar-refractivity contribution in [3.05, 3.63) is 41.9 Å². The predicted octanol–water partition coefficient (Wildman–Crippen LogP) is 0.821. The second kappa shape index (κ2) is 6.17. The molecule has 0 aliphatic carbocycles. The van der Waals surface area contributed by atoms with Crippen molar-refractivity contribution in [2.45, 2.75) is 6.92 Å². The van der Waals surface area contributed by atoms with E-state index in [0.717, 1.165) is 0 Å². The summed E-state index contributed by atoms with van der Waals surface area (Å²) in [5.41, 5.74) is 0.920. The van der Waals surface area contributed by atoms with E-state index in [9.17, 15) is 9.59 Å². The summed E-state index contributed by atoms with van der Waals surface area (Å²) in [6.45, 7) is 1.45. The maximum absolute atomic E-state index is 12.0. The van der Waals surface area contributed by atoms with Crippen LogP contribution in [-0.2, 0) is 9.53 Å². The topological polar surface area (TPSA) is 77.3 Å². The van der Waals surface area contributed by atoms with Gasteiger partial charge < -0.3 is 9.64 Å². The minimum atomic E-state index is -0.579. The van der Waals surface area contributed by atoms with Crippen LogP contribution in [0.1, 0.15) is 16.1 Å². The number of carbonyl (C=O) groups is 2. The van der Waals surface area contributed by atoms with Gasteiger partial charge in [-0.25, -0.2) is 14.5 Å². The molecule has 110 valence electrons. The molecule has 2 rings (SSSR count). The number of ether oxygens (including phenoxy) is 1. The first-order valence-corrected chi connectivity index (χ1v) is 6.34. The van der Waals surface area contributed by atoms with Gasteiger partial charge in [-0.3, -0.25) is 4.79 Å². The number of nitrogens with zero attached hydrogens (tertiary/aromatic N) is 4. The number of rotatable bonds is 4. The molecule has 0 saturated carbocycles. The van der Waals surface area contributed by atoms with Gasteiger partial charge in [-0.15, -0.1) is 0 Å². The molecular weight excluding hydrogens is 272 g/mol. The number of esters is 1. The number of aromatic nitrogens is 3. The normalized spacial score (nSPS) is 10.2. The molecule has 21 heavy (non-hydrogen) atoms. The summed E-state index contributed by atoms with van der Waals surface area (Å²) in [7, 11) is 3.20. The van der Waals surface area contributed by atoms with Crippen LogP contribution < -0.4 is 0 Å². The molecule has 0 saturated heterocycles. The van der Waals surface area contributed by atoms with Gasteiger partial charge in [-0.1, -0.05) is 6.07 Å². The highest BCUT2D eigenvalue weighted by Gasteiger charge is 2.18. The SMILES string of the molecule is Cc1c(C(=O)OCC(=O)N(C)C)cnn1-c1ccccn1. The lowest BCUT2D eigenvalue weighted by atomic mass is 10.2. The zero-order valence-electron chi connectivity index (χ0n) is 12.1. The van der Waals surface area contributed by atoms with E-state index in [1.165, 1.54) is 11.1 Å². The Bertz CT molecular complexity index is 649. The van der Waals surface area contributed by atoms with E-state index in [-0.39, 0.29) is 12.5 Å². The fourth-order valence-electron chi connectivity index (χ4n) is 1.65. The maximum atomic E-state index is 12.0. The van der Waals surface area contributed by atoms with Crippen LogP contribution in [0.15, 0.2) is 30.6 Å². The standard InChI is InChI=1S/C14H16N4O3/c1-10-11(14(20)21-9-13(19)17(2)3)8-16-18(10)12-6-4-5-7-15-12/h4-8H,9H2,1-3H3. The predicted molar refractivity (Wildman–Crippen MR) is 75.1 cm³/mol. The molecule has 0 radical (unpaired) electrons. The van der Waals surface area contributed by atoms with Crippen molar-refractivity contribution in [2.75, 3.05) is 20.7 Å². The van der Waals surface area contributed by atoms with Crippen LogP contribution in [0.3, 0.4) is 0 Å². The first kappa shape index (κ1) is 14.7. The quantitative estimate of drug-likeness (QED) is 0.778. The Hall–Kier alpha value is -2.70. The smallest absolute Gasteiger partial charge is 0.342 e. The van der Waals surface area contributed by atoms with E-state index < -0.39 is 5.97 Å². The van der Waals surface area contributed by atoms with Crippen molar-refractivity contribution in [3.8, 4) is 5.82 Å². The molecule has 0 atom stereocenters. The zero-order valence-corrected chi connectivity index (χ0v) is 12.1. The highest BCUT2D eigenvalue weighted by molar-refractivity contribution is 5.92. The van der Waals surface area contributed by atoms with E-state index >= 15 is 0 Å². The molecule has 2 heterocycles. The first-order valence-electron chi connectivity index (χ1n) is 6.34. The first-order chi connectivity index (χ1) is 10.0. The third-order valence-electron chi connectivity index (χ3n) is 2.92. The van der Waals surface area contributed by atoms with Crippen molar-refractivity contribution in [2.24, 2.45) is 0 Å². The summed E-state index contributed by atoms with van der Waals surface area (Å²) < 4.78 is 6.52.